The third kappa shape index (κ3) is 5.10. The molecule has 0 saturated carbocycles. The van der Waals surface area contributed by atoms with Crippen molar-refractivity contribution in [2.75, 3.05) is 32.9 Å². The molecule has 1 unspecified atom stereocenters. The number of Topliss-reactive ketones (excluding diaryl/α,β-unsaturated/α-hetero) is 1. The van der Waals surface area contributed by atoms with E-state index < -0.39 is 23.9 Å². The molecule has 1 aromatic heterocycles. The van der Waals surface area contributed by atoms with Crippen molar-refractivity contribution in [3.05, 3.63) is 77.5 Å². The van der Waals surface area contributed by atoms with Gasteiger partial charge in [0, 0.05) is 25.3 Å². The van der Waals surface area contributed by atoms with Gasteiger partial charge < -0.3 is 24.5 Å². The molecule has 9 nitrogen and oxygen atoms in total. The number of rotatable bonds is 9. The van der Waals surface area contributed by atoms with Gasteiger partial charge in [0.1, 0.15) is 5.75 Å². The Morgan fingerprint density at radius 3 is 2.46 bits per heavy atom. The van der Waals surface area contributed by atoms with Gasteiger partial charge in [0.25, 0.3) is 17.9 Å². The summed E-state index contributed by atoms with van der Waals surface area (Å²) in [5, 5.41) is 2.62. The highest BCUT2D eigenvalue weighted by Gasteiger charge is 2.33. The second-order valence-electron chi connectivity index (χ2n) is 9.40. The average Bonchev–Trinajstić information content (AvgIpc) is 3.23. The summed E-state index contributed by atoms with van der Waals surface area (Å²) in [5.74, 6) is -2.12. The van der Waals surface area contributed by atoms with Crippen molar-refractivity contribution in [2.45, 2.75) is 26.6 Å². The zero-order valence-electron chi connectivity index (χ0n) is 22.0. The number of fused-ring (bicyclic) bond motifs is 2. The average molecular weight is 530 g/mol. The number of morpholine rings is 1. The van der Waals surface area contributed by atoms with Gasteiger partial charge in [-0.05, 0) is 42.3 Å². The van der Waals surface area contributed by atoms with E-state index in [-0.39, 0.29) is 12.2 Å². The van der Waals surface area contributed by atoms with Crippen LogP contribution in [0, 0.1) is 6.92 Å². The molecule has 1 atom stereocenters. The maximum Gasteiger partial charge on any atom is 0.363 e. The molecule has 2 N–H and O–H groups in total. The lowest BCUT2D eigenvalue weighted by Crippen LogP contribution is -2.51. The summed E-state index contributed by atoms with van der Waals surface area (Å²) in [6.45, 7) is 6.03. The number of esters is 1. The third-order valence-electron chi connectivity index (χ3n) is 7.08. The van der Waals surface area contributed by atoms with Crippen molar-refractivity contribution in [3.63, 3.8) is 0 Å². The number of amides is 1. The van der Waals surface area contributed by atoms with E-state index in [2.05, 4.69) is 18.2 Å². The largest absolute Gasteiger partial charge is 0.463 e. The van der Waals surface area contributed by atoms with E-state index >= 15 is 0 Å². The van der Waals surface area contributed by atoms with Crippen LogP contribution in [-0.4, -0.2) is 66.3 Å². The number of nitrogens with zero attached hydrogens (tertiary/aromatic N) is 2. The number of aromatic nitrogens is 1. The van der Waals surface area contributed by atoms with Crippen LogP contribution >= 0.6 is 0 Å². The molecule has 0 spiro atoms. The Kier molecular flexibility index (Phi) is 7.63. The van der Waals surface area contributed by atoms with Crippen molar-refractivity contribution < 1.29 is 28.6 Å². The van der Waals surface area contributed by atoms with Crippen LogP contribution in [0.15, 0.2) is 60.7 Å². The number of ketones is 1. The van der Waals surface area contributed by atoms with Crippen molar-refractivity contribution >= 4 is 39.3 Å². The molecule has 1 fully saturated rings. The highest BCUT2D eigenvalue weighted by molar-refractivity contribution is 6.45. The predicted octanol–water partition coefficient (Wildman–Crippen LogP) is 3.42. The van der Waals surface area contributed by atoms with E-state index in [9.17, 15) is 14.4 Å². The molecular weight excluding hydrogens is 498 g/mol. The van der Waals surface area contributed by atoms with Gasteiger partial charge in [0.2, 0.25) is 0 Å². The van der Waals surface area contributed by atoms with Gasteiger partial charge >= 0.3 is 5.97 Å². The summed E-state index contributed by atoms with van der Waals surface area (Å²) in [6.07, 6.45) is -1.04. The molecule has 1 saturated heterocycles. The molecular formula is C30H31N3O6. The van der Waals surface area contributed by atoms with Crippen molar-refractivity contribution in [3.8, 4) is 5.75 Å². The first-order valence-electron chi connectivity index (χ1n) is 13.0. The lowest BCUT2D eigenvalue weighted by Gasteiger charge is -2.32. The first-order chi connectivity index (χ1) is 18.9. The highest BCUT2D eigenvalue weighted by Crippen LogP contribution is 2.36. The summed E-state index contributed by atoms with van der Waals surface area (Å²) in [4.78, 5) is 40.1. The van der Waals surface area contributed by atoms with Crippen molar-refractivity contribution in [1.29, 1.82) is 0 Å². The summed E-state index contributed by atoms with van der Waals surface area (Å²) < 4.78 is 19.1. The number of ether oxygens (including phenoxy) is 3. The number of hydrogen-bond donors (Lipinski definition) is 1. The third-order valence-corrected chi connectivity index (χ3v) is 7.08. The van der Waals surface area contributed by atoms with Crippen LogP contribution in [-0.2, 0) is 25.6 Å². The quantitative estimate of drug-likeness (QED) is 0.201. The summed E-state index contributed by atoms with van der Waals surface area (Å²) in [6, 6.07) is 19.5. The van der Waals surface area contributed by atoms with E-state index in [4.69, 9.17) is 19.9 Å². The van der Waals surface area contributed by atoms with E-state index in [1.165, 1.54) is 0 Å². The second kappa shape index (κ2) is 11.3. The number of carbonyl (C=O) groups is 3. The summed E-state index contributed by atoms with van der Waals surface area (Å²) in [5.41, 5.74) is 7.97. The van der Waals surface area contributed by atoms with Crippen LogP contribution in [0.25, 0.3) is 21.7 Å². The Morgan fingerprint density at radius 2 is 1.72 bits per heavy atom. The molecule has 0 bridgehead atoms. The van der Waals surface area contributed by atoms with Gasteiger partial charge in [-0.25, -0.2) is 4.79 Å². The van der Waals surface area contributed by atoms with Crippen LogP contribution in [0.4, 0.5) is 0 Å². The lowest BCUT2D eigenvalue weighted by atomic mass is 10.0. The minimum absolute atomic E-state index is 0.165. The van der Waals surface area contributed by atoms with Crippen LogP contribution < -0.4 is 10.5 Å². The van der Waals surface area contributed by atoms with E-state index in [0.29, 0.717) is 55.2 Å². The van der Waals surface area contributed by atoms with Gasteiger partial charge in [0.05, 0.1) is 36.3 Å². The van der Waals surface area contributed by atoms with Crippen molar-refractivity contribution in [1.82, 2.24) is 9.47 Å². The molecule has 39 heavy (non-hydrogen) atoms. The molecule has 4 aromatic rings. The van der Waals surface area contributed by atoms with Crippen LogP contribution in [0.2, 0.25) is 0 Å². The maximum absolute atomic E-state index is 13.2. The van der Waals surface area contributed by atoms with Gasteiger partial charge in [-0.15, -0.1) is 0 Å². The van der Waals surface area contributed by atoms with Gasteiger partial charge in [-0.1, -0.05) is 48.5 Å². The molecule has 1 amide bonds. The number of hydrogen-bond acceptors (Lipinski definition) is 7. The zero-order chi connectivity index (χ0) is 27.5. The minimum Gasteiger partial charge on any atom is -0.463 e. The number of primary amides is 1. The van der Waals surface area contributed by atoms with E-state index in [1.807, 2.05) is 39.8 Å². The van der Waals surface area contributed by atoms with Crippen molar-refractivity contribution in [2.24, 2.45) is 5.73 Å². The zero-order valence-corrected chi connectivity index (χ0v) is 22.0. The van der Waals surface area contributed by atoms with Crippen LogP contribution in [0.1, 0.15) is 28.5 Å². The SMILES string of the molecule is CCOC(=O)C(Oc1cccc2c1c(C(=O)C(N)=O)c(C)n2Cc1cccc2ccccc12)N1CCOCC1. The van der Waals surface area contributed by atoms with Gasteiger partial charge in [0.15, 0.2) is 0 Å². The van der Waals surface area contributed by atoms with E-state index in [0.717, 1.165) is 16.3 Å². The molecule has 3 aromatic carbocycles. The van der Waals surface area contributed by atoms with Crippen LogP contribution in [0.3, 0.4) is 0 Å². The molecule has 2 heterocycles. The smallest absolute Gasteiger partial charge is 0.363 e. The summed E-state index contributed by atoms with van der Waals surface area (Å²) in [7, 11) is 0. The fraction of sp³-hybridized carbons (Fsp3) is 0.300. The minimum atomic E-state index is -1.06. The second-order valence-corrected chi connectivity index (χ2v) is 9.40. The Bertz CT molecular complexity index is 1550. The molecule has 1 aliphatic heterocycles. The van der Waals surface area contributed by atoms with Gasteiger partial charge in [-0.3, -0.25) is 14.5 Å². The van der Waals surface area contributed by atoms with Crippen LogP contribution in [0.5, 0.6) is 5.75 Å². The first-order valence-corrected chi connectivity index (χ1v) is 13.0. The maximum atomic E-state index is 13.2. The molecule has 1 aliphatic rings. The Hall–Kier alpha value is -4.21. The standard InChI is InChI=1S/C30H31N3O6/c1-3-38-30(36)29(32-14-16-37-17-15-32)39-24-13-7-12-23-26(24)25(27(34)28(31)35)19(2)33(23)18-21-10-6-9-20-8-4-5-11-22(20)21/h4-13,29H,3,14-18H2,1-2H3,(H2,31,35). The number of carbonyl (C=O) groups excluding carboxylic acids is 3. The highest BCUT2D eigenvalue weighted by atomic mass is 16.6. The number of benzene rings is 3. The van der Waals surface area contributed by atoms with Gasteiger partial charge in [-0.2, -0.15) is 0 Å². The fourth-order valence-corrected chi connectivity index (χ4v) is 5.21. The Labute approximate surface area is 226 Å². The molecule has 0 aliphatic carbocycles. The number of nitrogens with two attached hydrogens (primary N) is 1. The predicted molar refractivity (Wildman–Crippen MR) is 147 cm³/mol. The molecule has 0 radical (unpaired) electrons. The Balaban J connectivity index is 1.65. The monoisotopic (exact) mass is 529 g/mol. The Morgan fingerprint density at radius 1 is 1.00 bits per heavy atom. The van der Waals surface area contributed by atoms with E-state index in [1.54, 1.807) is 26.0 Å². The fourth-order valence-electron chi connectivity index (χ4n) is 5.21. The molecule has 202 valence electrons. The first kappa shape index (κ1) is 26.4. The molecule has 9 heteroatoms. The molecule has 5 rings (SSSR count). The topological polar surface area (TPSA) is 113 Å². The summed E-state index contributed by atoms with van der Waals surface area (Å²) >= 11 is 0. The normalized spacial score (nSPS) is 14.8. The lowest BCUT2D eigenvalue weighted by molar-refractivity contribution is -0.164.